The summed E-state index contributed by atoms with van der Waals surface area (Å²) in [5, 5.41) is 7.21. The molecule has 0 radical (unpaired) electrons. The largest absolute Gasteiger partial charge is 0.372 e. The van der Waals surface area contributed by atoms with Crippen molar-refractivity contribution in [1.82, 2.24) is 19.7 Å². The Kier molecular flexibility index (Phi) is 4.80. The van der Waals surface area contributed by atoms with E-state index in [-0.39, 0.29) is 23.5 Å². The smallest absolute Gasteiger partial charge is 0.251 e. The molecule has 1 saturated heterocycles. The molecular formula is C17H22N4O3. The number of carbonyl (C=O) groups excluding carboxylic acids is 1. The van der Waals surface area contributed by atoms with Crippen LogP contribution in [0.15, 0.2) is 35.4 Å². The predicted molar refractivity (Wildman–Crippen MR) is 88.7 cm³/mol. The Hall–Kier alpha value is -2.41. The summed E-state index contributed by atoms with van der Waals surface area (Å²) >= 11 is 0. The third-order valence-corrected chi connectivity index (χ3v) is 4.45. The van der Waals surface area contributed by atoms with E-state index in [1.54, 1.807) is 25.5 Å². The van der Waals surface area contributed by atoms with Gasteiger partial charge in [0.05, 0.1) is 5.69 Å². The molecule has 1 amide bonds. The van der Waals surface area contributed by atoms with Gasteiger partial charge in [0.2, 0.25) is 0 Å². The Balaban J connectivity index is 1.66. The lowest BCUT2D eigenvalue weighted by molar-refractivity contribution is 0.0795. The van der Waals surface area contributed by atoms with Crippen molar-refractivity contribution in [1.29, 1.82) is 0 Å². The highest BCUT2D eigenvalue weighted by molar-refractivity contribution is 5.93. The molecule has 0 unspecified atom stereocenters. The molecule has 1 fully saturated rings. The fourth-order valence-corrected chi connectivity index (χ4v) is 3.03. The summed E-state index contributed by atoms with van der Waals surface area (Å²) in [6.07, 6.45) is 4.20. The van der Waals surface area contributed by atoms with Gasteiger partial charge in [-0.3, -0.25) is 14.3 Å². The second-order valence-electron chi connectivity index (χ2n) is 5.99. The van der Waals surface area contributed by atoms with E-state index in [0.29, 0.717) is 18.7 Å². The lowest BCUT2D eigenvalue weighted by Gasteiger charge is -2.20. The number of hydrogen-bond acceptors (Lipinski definition) is 4. The summed E-state index contributed by atoms with van der Waals surface area (Å²) in [5.41, 5.74) is 1.23. The molecule has 2 atom stereocenters. The number of nitrogens with one attached hydrogen (secondary N) is 1. The van der Waals surface area contributed by atoms with Crippen molar-refractivity contribution in [2.45, 2.75) is 26.0 Å². The van der Waals surface area contributed by atoms with Crippen molar-refractivity contribution in [2.24, 2.45) is 13.0 Å². The number of aromatic nitrogens is 3. The second kappa shape index (κ2) is 7.00. The maximum absolute atomic E-state index is 12.3. The third kappa shape index (κ3) is 3.26. The first kappa shape index (κ1) is 16.4. The van der Waals surface area contributed by atoms with Crippen molar-refractivity contribution in [3.8, 4) is 0 Å². The molecule has 1 aliphatic heterocycles. The molecule has 7 heteroatoms. The van der Waals surface area contributed by atoms with Gasteiger partial charge in [-0.15, -0.1) is 0 Å². The van der Waals surface area contributed by atoms with Crippen molar-refractivity contribution in [3.05, 3.63) is 52.2 Å². The Morgan fingerprint density at radius 1 is 1.46 bits per heavy atom. The van der Waals surface area contributed by atoms with Gasteiger partial charge in [-0.25, -0.2) is 0 Å². The van der Waals surface area contributed by atoms with Gasteiger partial charge >= 0.3 is 0 Å². The van der Waals surface area contributed by atoms with Crippen molar-refractivity contribution in [3.63, 3.8) is 0 Å². The molecule has 3 heterocycles. The van der Waals surface area contributed by atoms with Crippen molar-refractivity contribution < 1.29 is 9.53 Å². The number of rotatable bonds is 5. The molecule has 0 spiro atoms. The fourth-order valence-electron chi connectivity index (χ4n) is 3.03. The lowest BCUT2D eigenvalue weighted by atomic mass is 9.98. The molecular weight excluding hydrogens is 308 g/mol. The van der Waals surface area contributed by atoms with Gasteiger partial charge in [0.25, 0.3) is 11.5 Å². The van der Waals surface area contributed by atoms with Crippen LogP contribution in [0.25, 0.3) is 0 Å². The van der Waals surface area contributed by atoms with E-state index in [4.69, 9.17) is 4.74 Å². The molecule has 2 aromatic heterocycles. The van der Waals surface area contributed by atoms with Crippen LogP contribution in [0.3, 0.4) is 0 Å². The van der Waals surface area contributed by atoms with Crippen molar-refractivity contribution >= 4 is 5.91 Å². The number of aryl methyl sites for hydroxylation is 2. The maximum atomic E-state index is 12.3. The number of carbonyl (C=O) groups is 1. The molecule has 0 aliphatic carbocycles. The number of ether oxygens (including phenoxy) is 1. The van der Waals surface area contributed by atoms with Crippen LogP contribution in [0.1, 0.15) is 35.5 Å². The highest BCUT2D eigenvalue weighted by atomic mass is 16.5. The van der Waals surface area contributed by atoms with Crippen LogP contribution >= 0.6 is 0 Å². The molecule has 0 bridgehead atoms. The van der Waals surface area contributed by atoms with Crippen LogP contribution in [0, 0.1) is 5.92 Å². The summed E-state index contributed by atoms with van der Waals surface area (Å²) in [6, 6.07) is 4.96. The zero-order chi connectivity index (χ0) is 17.1. The van der Waals surface area contributed by atoms with E-state index >= 15 is 0 Å². The van der Waals surface area contributed by atoms with Crippen LogP contribution in [0.4, 0.5) is 0 Å². The number of hydrogen-bond donors (Lipinski definition) is 1. The van der Waals surface area contributed by atoms with Crippen LogP contribution in [0.2, 0.25) is 0 Å². The first-order chi connectivity index (χ1) is 11.6. The maximum Gasteiger partial charge on any atom is 0.251 e. The standard InChI is InChI=1S/C17H22N4O3/c1-3-21-14(4-7-19-21)16-13(6-9-24-16)11-18-17(23)12-5-8-20(2)15(22)10-12/h4-5,7-8,10,13,16H,3,6,9,11H2,1-2H3,(H,18,23)/t13-,16+/m0/s1. The average molecular weight is 330 g/mol. The van der Waals surface area contributed by atoms with E-state index in [2.05, 4.69) is 10.4 Å². The Morgan fingerprint density at radius 3 is 3.04 bits per heavy atom. The summed E-state index contributed by atoms with van der Waals surface area (Å²) in [7, 11) is 1.65. The monoisotopic (exact) mass is 330 g/mol. The second-order valence-corrected chi connectivity index (χ2v) is 5.99. The lowest BCUT2D eigenvalue weighted by Crippen LogP contribution is -2.32. The summed E-state index contributed by atoms with van der Waals surface area (Å²) < 4.78 is 9.22. The normalized spacial score (nSPS) is 20.2. The zero-order valence-corrected chi connectivity index (χ0v) is 13.9. The predicted octanol–water partition coefficient (Wildman–Crippen LogP) is 1.11. The van der Waals surface area contributed by atoms with Crippen molar-refractivity contribution in [2.75, 3.05) is 13.2 Å². The number of pyridine rings is 1. The number of nitrogens with zero attached hydrogens (tertiary/aromatic N) is 3. The van der Waals surface area contributed by atoms with E-state index in [1.807, 2.05) is 17.7 Å². The van der Waals surface area contributed by atoms with Gasteiger partial charge in [-0.05, 0) is 25.5 Å². The van der Waals surface area contributed by atoms with Gasteiger partial charge in [-0.1, -0.05) is 0 Å². The highest BCUT2D eigenvalue weighted by Crippen LogP contribution is 2.33. The Bertz CT molecular complexity index is 780. The van der Waals surface area contributed by atoms with Crippen LogP contribution < -0.4 is 10.9 Å². The molecule has 2 aromatic rings. The minimum atomic E-state index is -0.234. The Labute approximate surface area is 140 Å². The third-order valence-electron chi connectivity index (χ3n) is 4.45. The quantitative estimate of drug-likeness (QED) is 0.891. The molecule has 0 saturated carbocycles. The van der Waals surface area contributed by atoms with E-state index in [1.165, 1.54) is 10.6 Å². The summed E-state index contributed by atoms with van der Waals surface area (Å²) in [5.74, 6) is -0.0372. The van der Waals surface area contributed by atoms with Gasteiger partial charge in [-0.2, -0.15) is 5.10 Å². The van der Waals surface area contributed by atoms with Crippen LogP contribution in [0.5, 0.6) is 0 Å². The van der Waals surface area contributed by atoms with Gasteiger partial charge in [0.1, 0.15) is 6.10 Å². The average Bonchev–Trinajstić information content (AvgIpc) is 3.22. The minimum absolute atomic E-state index is 0.0589. The first-order valence-corrected chi connectivity index (χ1v) is 8.18. The molecule has 128 valence electrons. The molecule has 1 N–H and O–H groups in total. The Morgan fingerprint density at radius 2 is 2.29 bits per heavy atom. The van der Waals surface area contributed by atoms with E-state index < -0.39 is 0 Å². The molecule has 0 aromatic carbocycles. The van der Waals surface area contributed by atoms with Crippen LogP contribution in [-0.4, -0.2) is 33.4 Å². The fraction of sp³-hybridized carbons (Fsp3) is 0.471. The summed E-state index contributed by atoms with van der Waals surface area (Å²) in [4.78, 5) is 23.9. The number of amides is 1. The zero-order valence-electron chi connectivity index (χ0n) is 13.9. The first-order valence-electron chi connectivity index (χ1n) is 8.18. The van der Waals surface area contributed by atoms with Gasteiger partial charge in [0.15, 0.2) is 0 Å². The molecule has 7 nitrogen and oxygen atoms in total. The van der Waals surface area contributed by atoms with E-state index in [0.717, 1.165) is 18.7 Å². The summed E-state index contributed by atoms with van der Waals surface area (Å²) in [6.45, 7) is 4.01. The minimum Gasteiger partial charge on any atom is -0.372 e. The van der Waals surface area contributed by atoms with Gasteiger partial charge in [0, 0.05) is 56.7 Å². The van der Waals surface area contributed by atoms with E-state index in [9.17, 15) is 9.59 Å². The van der Waals surface area contributed by atoms with Crippen LogP contribution in [-0.2, 0) is 18.3 Å². The van der Waals surface area contributed by atoms with Gasteiger partial charge < -0.3 is 14.6 Å². The SMILES string of the molecule is CCn1nccc1[C@@H]1OCC[C@H]1CNC(=O)c1ccn(C)c(=O)c1. The topological polar surface area (TPSA) is 78.2 Å². The molecule has 24 heavy (non-hydrogen) atoms. The highest BCUT2D eigenvalue weighted by Gasteiger charge is 2.32. The molecule has 1 aliphatic rings. The molecule has 3 rings (SSSR count).